The Morgan fingerprint density at radius 2 is 2.31 bits per heavy atom. The Labute approximate surface area is 77.0 Å². The van der Waals surface area contributed by atoms with Gasteiger partial charge in [-0.05, 0) is 29.9 Å². The van der Waals surface area contributed by atoms with E-state index in [1.165, 1.54) is 6.20 Å². The zero-order chi connectivity index (χ0) is 9.42. The van der Waals surface area contributed by atoms with Gasteiger partial charge < -0.3 is 5.73 Å². The van der Waals surface area contributed by atoms with Gasteiger partial charge in [0.15, 0.2) is 0 Å². The summed E-state index contributed by atoms with van der Waals surface area (Å²) < 4.78 is 12.8. The lowest BCUT2D eigenvalue weighted by molar-refractivity contribution is 0.226. The molecule has 0 radical (unpaired) electrons. The molecule has 3 unspecified atom stereocenters. The van der Waals surface area contributed by atoms with Gasteiger partial charge in [-0.15, -0.1) is 0 Å². The summed E-state index contributed by atoms with van der Waals surface area (Å²) in [7, 11) is 0. The number of nitrogens with zero attached hydrogens (tertiary/aromatic N) is 1. The maximum Gasteiger partial charge on any atom is 0.141 e. The Balaban J connectivity index is 2.18. The molecule has 2 N–H and O–H groups in total. The van der Waals surface area contributed by atoms with Crippen molar-refractivity contribution in [1.82, 2.24) is 4.98 Å². The van der Waals surface area contributed by atoms with Crippen LogP contribution in [0, 0.1) is 11.7 Å². The zero-order valence-electron chi connectivity index (χ0n) is 7.57. The molecule has 0 aromatic carbocycles. The molecule has 13 heavy (non-hydrogen) atoms. The third-order valence-corrected chi connectivity index (χ3v) is 2.99. The number of rotatable bonds is 1. The predicted molar refractivity (Wildman–Crippen MR) is 48.7 cm³/mol. The molecule has 70 valence electrons. The Kier molecular flexibility index (Phi) is 2.04. The minimum absolute atomic E-state index is 0.259. The van der Waals surface area contributed by atoms with Gasteiger partial charge in [-0.3, -0.25) is 4.98 Å². The number of pyridine rings is 1. The van der Waals surface area contributed by atoms with E-state index in [1.807, 2.05) is 0 Å². The first-order chi connectivity index (χ1) is 6.18. The molecule has 0 spiro atoms. The summed E-state index contributed by atoms with van der Waals surface area (Å²) in [6, 6.07) is 1.83. The van der Waals surface area contributed by atoms with Gasteiger partial charge in [0.05, 0.1) is 6.20 Å². The third-order valence-electron chi connectivity index (χ3n) is 2.99. The number of hydrogen-bond donors (Lipinski definition) is 1. The highest BCUT2D eigenvalue weighted by atomic mass is 19.1. The fraction of sp³-hybridized carbons (Fsp3) is 0.500. The summed E-state index contributed by atoms with van der Waals surface area (Å²) in [4.78, 5) is 3.83. The molecule has 1 fully saturated rings. The number of aromatic nitrogens is 1. The van der Waals surface area contributed by atoms with Gasteiger partial charge in [-0.1, -0.05) is 6.92 Å². The van der Waals surface area contributed by atoms with E-state index < -0.39 is 0 Å². The number of hydrogen-bond acceptors (Lipinski definition) is 2. The summed E-state index contributed by atoms with van der Waals surface area (Å²) >= 11 is 0. The van der Waals surface area contributed by atoms with Crippen LogP contribution in [0.15, 0.2) is 18.5 Å². The van der Waals surface area contributed by atoms with Crippen molar-refractivity contribution in [1.29, 1.82) is 0 Å². The van der Waals surface area contributed by atoms with Crippen molar-refractivity contribution in [3.8, 4) is 0 Å². The van der Waals surface area contributed by atoms with Crippen molar-refractivity contribution in [3.05, 3.63) is 29.8 Å². The minimum Gasteiger partial charge on any atom is -0.327 e. The van der Waals surface area contributed by atoms with Crippen molar-refractivity contribution < 1.29 is 4.39 Å². The Morgan fingerprint density at radius 1 is 1.54 bits per heavy atom. The maximum absolute atomic E-state index is 12.8. The maximum atomic E-state index is 12.8. The predicted octanol–water partition coefficient (Wildman–Crippen LogP) is 1.67. The molecule has 1 aromatic rings. The molecular formula is C10H13FN2. The molecule has 1 heterocycles. The second-order valence-corrected chi connectivity index (χ2v) is 3.80. The molecule has 0 saturated heterocycles. The fourth-order valence-corrected chi connectivity index (χ4v) is 1.90. The smallest absolute Gasteiger partial charge is 0.141 e. The van der Waals surface area contributed by atoms with E-state index in [4.69, 9.17) is 5.73 Å². The van der Waals surface area contributed by atoms with E-state index in [-0.39, 0.29) is 11.9 Å². The van der Waals surface area contributed by atoms with Gasteiger partial charge in [0.2, 0.25) is 0 Å². The van der Waals surface area contributed by atoms with E-state index in [0.29, 0.717) is 11.8 Å². The topological polar surface area (TPSA) is 38.9 Å². The van der Waals surface area contributed by atoms with Crippen molar-refractivity contribution >= 4 is 0 Å². The van der Waals surface area contributed by atoms with Crippen LogP contribution in [0.25, 0.3) is 0 Å². The fourth-order valence-electron chi connectivity index (χ4n) is 1.90. The Bertz CT molecular complexity index is 314. The molecule has 3 heteroatoms. The third kappa shape index (κ3) is 1.44. The number of halogens is 1. The molecule has 1 saturated carbocycles. The van der Waals surface area contributed by atoms with Gasteiger partial charge in [0, 0.05) is 12.2 Å². The van der Waals surface area contributed by atoms with E-state index in [2.05, 4.69) is 11.9 Å². The van der Waals surface area contributed by atoms with Crippen LogP contribution in [0.2, 0.25) is 0 Å². The standard InChI is InChI=1S/C10H13FN2/c1-6-9(3-10(6)12)7-2-8(11)5-13-4-7/h2,4-6,9-10H,3,12H2,1H3. The van der Waals surface area contributed by atoms with E-state index in [1.54, 1.807) is 12.3 Å². The van der Waals surface area contributed by atoms with Crippen LogP contribution in [0.1, 0.15) is 24.8 Å². The minimum atomic E-state index is -0.259. The van der Waals surface area contributed by atoms with Crippen molar-refractivity contribution in [2.75, 3.05) is 0 Å². The Morgan fingerprint density at radius 3 is 2.85 bits per heavy atom. The monoisotopic (exact) mass is 180 g/mol. The lowest BCUT2D eigenvalue weighted by Gasteiger charge is -2.40. The molecule has 1 aliphatic carbocycles. The van der Waals surface area contributed by atoms with E-state index >= 15 is 0 Å². The summed E-state index contributed by atoms with van der Waals surface area (Å²) in [6.45, 7) is 2.10. The van der Waals surface area contributed by atoms with Crippen molar-refractivity contribution in [2.24, 2.45) is 11.7 Å². The second-order valence-electron chi connectivity index (χ2n) is 3.80. The largest absolute Gasteiger partial charge is 0.327 e. The molecule has 2 nitrogen and oxygen atoms in total. The first-order valence-electron chi connectivity index (χ1n) is 4.54. The molecule has 0 amide bonds. The van der Waals surface area contributed by atoms with Crippen LogP contribution in [-0.2, 0) is 0 Å². The average molecular weight is 180 g/mol. The lowest BCUT2D eigenvalue weighted by atomic mass is 9.68. The zero-order valence-corrected chi connectivity index (χ0v) is 7.57. The van der Waals surface area contributed by atoms with Gasteiger partial charge >= 0.3 is 0 Å². The van der Waals surface area contributed by atoms with Gasteiger partial charge in [-0.25, -0.2) is 4.39 Å². The molecule has 0 aliphatic heterocycles. The van der Waals surface area contributed by atoms with E-state index in [9.17, 15) is 4.39 Å². The quantitative estimate of drug-likeness (QED) is 0.714. The number of nitrogens with two attached hydrogens (primary N) is 1. The summed E-state index contributed by atoms with van der Waals surface area (Å²) in [5, 5.41) is 0. The molecular weight excluding hydrogens is 167 g/mol. The van der Waals surface area contributed by atoms with Crippen LogP contribution in [-0.4, -0.2) is 11.0 Å². The van der Waals surface area contributed by atoms with Gasteiger partial charge in [0.1, 0.15) is 5.82 Å². The molecule has 0 bridgehead atoms. The van der Waals surface area contributed by atoms with Crippen molar-refractivity contribution in [3.63, 3.8) is 0 Å². The van der Waals surface area contributed by atoms with E-state index in [0.717, 1.165) is 12.0 Å². The van der Waals surface area contributed by atoms with Crippen LogP contribution < -0.4 is 5.73 Å². The first kappa shape index (κ1) is 8.63. The molecule has 2 rings (SSSR count). The lowest BCUT2D eigenvalue weighted by Crippen LogP contribution is -2.44. The normalized spacial score (nSPS) is 32.7. The van der Waals surface area contributed by atoms with Crippen molar-refractivity contribution in [2.45, 2.75) is 25.3 Å². The molecule has 3 atom stereocenters. The summed E-state index contributed by atoms with van der Waals surface area (Å²) in [5.74, 6) is 0.590. The highest BCUT2D eigenvalue weighted by Gasteiger charge is 2.36. The van der Waals surface area contributed by atoms with Gasteiger partial charge in [0.25, 0.3) is 0 Å². The second kappa shape index (κ2) is 3.07. The summed E-state index contributed by atoms with van der Waals surface area (Å²) in [5.41, 5.74) is 6.75. The highest BCUT2D eigenvalue weighted by Crippen LogP contribution is 2.40. The average Bonchev–Trinajstić information content (AvgIpc) is 2.13. The van der Waals surface area contributed by atoms with Crippen LogP contribution in [0.4, 0.5) is 4.39 Å². The summed E-state index contributed by atoms with van der Waals surface area (Å²) in [6.07, 6.45) is 3.91. The van der Waals surface area contributed by atoms with Crippen LogP contribution >= 0.6 is 0 Å². The SMILES string of the molecule is CC1C(N)CC1c1cncc(F)c1. The Hall–Kier alpha value is -0.960. The highest BCUT2D eigenvalue weighted by molar-refractivity contribution is 5.21. The molecule has 1 aromatic heterocycles. The van der Waals surface area contributed by atoms with Gasteiger partial charge in [-0.2, -0.15) is 0 Å². The van der Waals surface area contributed by atoms with Crippen LogP contribution in [0.5, 0.6) is 0 Å². The van der Waals surface area contributed by atoms with Crippen LogP contribution in [0.3, 0.4) is 0 Å². The molecule has 1 aliphatic rings. The first-order valence-corrected chi connectivity index (χ1v) is 4.54.